The Balaban J connectivity index is 1.15. The van der Waals surface area contributed by atoms with Crippen LogP contribution in [0.2, 0.25) is 0 Å². The molecule has 1 aromatic carbocycles. The highest BCUT2D eigenvalue weighted by molar-refractivity contribution is 5.87. The van der Waals surface area contributed by atoms with Crippen molar-refractivity contribution in [2.45, 2.75) is 58.8 Å². The second-order valence-corrected chi connectivity index (χ2v) is 9.98. The fourth-order valence-electron chi connectivity index (χ4n) is 6.47. The molecule has 4 aliphatic rings. The number of nitrogens with one attached hydrogen (secondary N) is 3. The number of hydrazine groups is 1. The molecular weight excluding hydrogens is 394 g/mol. The monoisotopic (exact) mass is 427 g/mol. The van der Waals surface area contributed by atoms with Crippen LogP contribution in [0.1, 0.15) is 56.1 Å². The molecule has 0 unspecified atom stereocenters. The van der Waals surface area contributed by atoms with Crippen molar-refractivity contribution in [3.8, 4) is 5.75 Å². The maximum atomic E-state index is 12.5. The fourth-order valence-corrected chi connectivity index (χ4v) is 6.47. The van der Waals surface area contributed by atoms with Crippen molar-refractivity contribution in [1.82, 2.24) is 16.2 Å². The highest BCUT2D eigenvalue weighted by Gasteiger charge is 2.51. The molecule has 4 fully saturated rings. The first kappa shape index (κ1) is 21.7. The molecular formula is C24H33N3O4. The van der Waals surface area contributed by atoms with Gasteiger partial charge in [0, 0.05) is 6.42 Å². The molecule has 0 aliphatic heterocycles. The number of rotatable bonds is 7. The highest BCUT2D eigenvalue weighted by Crippen LogP contribution is 2.61. The molecule has 0 spiro atoms. The summed E-state index contributed by atoms with van der Waals surface area (Å²) in [5.41, 5.74) is 6.69. The summed E-state index contributed by atoms with van der Waals surface area (Å²) in [6.45, 7) is 3.47. The molecule has 0 radical (unpaired) electrons. The summed E-state index contributed by atoms with van der Waals surface area (Å²) in [6, 6.07) is 5.75. The third-order valence-electron chi connectivity index (χ3n) is 7.24. The molecule has 0 aromatic heterocycles. The van der Waals surface area contributed by atoms with E-state index >= 15 is 0 Å². The molecule has 0 atom stereocenters. The molecule has 0 saturated heterocycles. The van der Waals surface area contributed by atoms with Crippen LogP contribution in [0, 0.1) is 37.0 Å². The van der Waals surface area contributed by atoms with E-state index in [1.54, 1.807) is 0 Å². The summed E-state index contributed by atoms with van der Waals surface area (Å²) in [5, 5.41) is 2.72. The van der Waals surface area contributed by atoms with Gasteiger partial charge >= 0.3 is 0 Å². The van der Waals surface area contributed by atoms with Crippen LogP contribution in [-0.4, -0.2) is 30.9 Å². The Morgan fingerprint density at radius 3 is 2.03 bits per heavy atom. The van der Waals surface area contributed by atoms with Gasteiger partial charge in [0.15, 0.2) is 6.61 Å². The fraction of sp³-hybridized carbons (Fsp3) is 0.625. The standard InChI is InChI=1S/C24H33N3O4/c1-15-4-3-5-16(2)23(15)31-14-22(30)27-26-21(29)13-25-20(28)12-24-9-17-6-18(10-24)8-19(7-17)11-24/h3-5,17-19H,6-14H2,1-2H3,(H,25,28)(H,26,29)(H,27,30). The zero-order valence-electron chi connectivity index (χ0n) is 18.5. The van der Waals surface area contributed by atoms with Crippen LogP contribution >= 0.6 is 0 Å². The average molecular weight is 428 g/mol. The van der Waals surface area contributed by atoms with Crippen molar-refractivity contribution in [3.05, 3.63) is 29.3 Å². The van der Waals surface area contributed by atoms with Crippen molar-refractivity contribution in [2.24, 2.45) is 23.2 Å². The van der Waals surface area contributed by atoms with Crippen LogP contribution in [0.5, 0.6) is 5.75 Å². The Kier molecular flexibility index (Phi) is 6.21. The van der Waals surface area contributed by atoms with Crippen molar-refractivity contribution < 1.29 is 19.1 Å². The third-order valence-corrected chi connectivity index (χ3v) is 7.24. The number of hydrogen-bond donors (Lipinski definition) is 3. The van der Waals surface area contributed by atoms with Gasteiger partial charge in [0.05, 0.1) is 6.54 Å². The molecule has 7 heteroatoms. The number of carbonyl (C=O) groups excluding carboxylic acids is 3. The summed E-state index contributed by atoms with van der Waals surface area (Å²) in [4.78, 5) is 36.5. The van der Waals surface area contributed by atoms with Gasteiger partial charge in [-0.3, -0.25) is 25.2 Å². The van der Waals surface area contributed by atoms with E-state index in [2.05, 4.69) is 16.2 Å². The Morgan fingerprint density at radius 1 is 0.903 bits per heavy atom. The highest BCUT2D eigenvalue weighted by atomic mass is 16.5. The summed E-state index contributed by atoms with van der Waals surface area (Å²) < 4.78 is 5.56. The number of aryl methyl sites for hydroxylation is 2. The minimum Gasteiger partial charge on any atom is -0.483 e. The number of benzene rings is 1. The predicted molar refractivity (Wildman–Crippen MR) is 116 cm³/mol. The van der Waals surface area contributed by atoms with Gasteiger partial charge < -0.3 is 10.1 Å². The number of para-hydroxylation sites is 1. The summed E-state index contributed by atoms with van der Waals surface area (Å²) in [5.74, 6) is 2.06. The van der Waals surface area contributed by atoms with E-state index in [1.165, 1.54) is 19.3 Å². The molecule has 31 heavy (non-hydrogen) atoms. The maximum Gasteiger partial charge on any atom is 0.276 e. The first-order chi connectivity index (χ1) is 14.8. The van der Waals surface area contributed by atoms with Crippen LogP contribution in [0.3, 0.4) is 0 Å². The average Bonchev–Trinajstić information content (AvgIpc) is 2.69. The van der Waals surface area contributed by atoms with Crippen molar-refractivity contribution >= 4 is 17.7 Å². The summed E-state index contributed by atoms with van der Waals surface area (Å²) >= 11 is 0. The smallest absolute Gasteiger partial charge is 0.276 e. The van der Waals surface area contributed by atoms with Crippen LogP contribution in [0.15, 0.2) is 18.2 Å². The minimum absolute atomic E-state index is 0.0678. The predicted octanol–water partition coefficient (Wildman–Crippen LogP) is 2.55. The zero-order valence-corrected chi connectivity index (χ0v) is 18.5. The van der Waals surface area contributed by atoms with Gasteiger partial charge in [-0.05, 0) is 86.7 Å². The largest absolute Gasteiger partial charge is 0.483 e. The molecule has 168 valence electrons. The van der Waals surface area contributed by atoms with E-state index in [9.17, 15) is 14.4 Å². The lowest BCUT2D eigenvalue weighted by Crippen LogP contribution is -2.50. The zero-order chi connectivity index (χ0) is 22.0. The second-order valence-electron chi connectivity index (χ2n) is 9.98. The first-order valence-corrected chi connectivity index (χ1v) is 11.4. The third kappa shape index (κ3) is 5.20. The van der Waals surface area contributed by atoms with Gasteiger partial charge in [-0.25, -0.2) is 0 Å². The van der Waals surface area contributed by atoms with Crippen LogP contribution in [0.25, 0.3) is 0 Å². The van der Waals surface area contributed by atoms with E-state index in [4.69, 9.17) is 4.74 Å². The van der Waals surface area contributed by atoms with Gasteiger partial charge in [-0.15, -0.1) is 0 Å². The second kappa shape index (κ2) is 8.89. The van der Waals surface area contributed by atoms with E-state index in [-0.39, 0.29) is 24.5 Å². The van der Waals surface area contributed by atoms with Crippen LogP contribution < -0.4 is 20.9 Å². The number of amides is 3. The molecule has 3 N–H and O–H groups in total. The molecule has 3 amide bonds. The summed E-state index contributed by atoms with van der Waals surface area (Å²) in [7, 11) is 0. The molecule has 4 saturated carbocycles. The quantitative estimate of drug-likeness (QED) is 0.583. The molecule has 4 bridgehead atoms. The van der Waals surface area contributed by atoms with Crippen molar-refractivity contribution in [3.63, 3.8) is 0 Å². The van der Waals surface area contributed by atoms with E-state index in [0.29, 0.717) is 12.2 Å². The van der Waals surface area contributed by atoms with E-state index < -0.39 is 11.8 Å². The van der Waals surface area contributed by atoms with Gasteiger partial charge in [-0.2, -0.15) is 0 Å². The summed E-state index contributed by atoms with van der Waals surface area (Å²) in [6.07, 6.45) is 8.03. The van der Waals surface area contributed by atoms with E-state index in [0.717, 1.165) is 48.1 Å². The lowest BCUT2D eigenvalue weighted by atomic mass is 9.49. The SMILES string of the molecule is Cc1cccc(C)c1OCC(=O)NNC(=O)CNC(=O)CC12CC3CC(CC(C3)C1)C2. The Labute approximate surface area is 183 Å². The van der Waals surface area contributed by atoms with Crippen molar-refractivity contribution in [2.75, 3.05) is 13.2 Å². The number of ether oxygens (including phenoxy) is 1. The Hall–Kier alpha value is -2.57. The molecule has 4 aliphatic carbocycles. The molecule has 0 heterocycles. The maximum absolute atomic E-state index is 12.5. The lowest BCUT2D eigenvalue weighted by molar-refractivity contribution is -0.133. The normalized spacial score (nSPS) is 28.1. The number of hydrogen-bond acceptors (Lipinski definition) is 4. The Bertz CT molecular complexity index is 811. The topological polar surface area (TPSA) is 96.5 Å². The van der Waals surface area contributed by atoms with Gasteiger partial charge in [-0.1, -0.05) is 18.2 Å². The van der Waals surface area contributed by atoms with Crippen molar-refractivity contribution in [1.29, 1.82) is 0 Å². The van der Waals surface area contributed by atoms with Gasteiger partial charge in [0.2, 0.25) is 5.91 Å². The first-order valence-electron chi connectivity index (χ1n) is 11.4. The minimum atomic E-state index is -0.462. The molecule has 5 rings (SSSR count). The number of carbonyl (C=O) groups is 3. The van der Waals surface area contributed by atoms with Crippen LogP contribution in [-0.2, 0) is 14.4 Å². The van der Waals surface area contributed by atoms with Gasteiger partial charge in [0.1, 0.15) is 5.75 Å². The Morgan fingerprint density at radius 2 is 1.45 bits per heavy atom. The molecule has 7 nitrogen and oxygen atoms in total. The molecule has 1 aromatic rings. The lowest BCUT2D eigenvalue weighted by Gasteiger charge is -2.56. The van der Waals surface area contributed by atoms with Gasteiger partial charge in [0.25, 0.3) is 11.8 Å². The van der Waals surface area contributed by atoms with Crippen LogP contribution in [0.4, 0.5) is 0 Å². The van der Waals surface area contributed by atoms with E-state index in [1.807, 2.05) is 32.0 Å².